The Hall–Kier alpha value is -0.370. The van der Waals surface area contributed by atoms with Gasteiger partial charge in [-0.1, -0.05) is 26.7 Å². The monoisotopic (exact) mass is 446 g/mol. The van der Waals surface area contributed by atoms with Gasteiger partial charge in [-0.25, -0.2) is 13.2 Å². The van der Waals surface area contributed by atoms with Gasteiger partial charge < -0.3 is 0 Å². The van der Waals surface area contributed by atoms with Gasteiger partial charge in [-0.15, -0.1) is 0 Å². The Balaban J connectivity index is 1.55. The summed E-state index contributed by atoms with van der Waals surface area (Å²) in [6, 6.07) is 0.314. The Morgan fingerprint density at radius 3 is 2.32 bits per heavy atom. The van der Waals surface area contributed by atoms with Crippen molar-refractivity contribution in [3.8, 4) is 0 Å². The summed E-state index contributed by atoms with van der Waals surface area (Å²) in [6.45, 7) is 7.82. The molecule has 1 saturated carbocycles. The lowest BCUT2D eigenvalue weighted by molar-refractivity contribution is -0.0653. The minimum atomic E-state index is -2.58. The first-order valence-electron chi connectivity index (χ1n) is 12.8. The molecule has 0 aromatic rings. The van der Waals surface area contributed by atoms with Gasteiger partial charge in [-0.2, -0.15) is 0 Å². The van der Waals surface area contributed by atoms with Gasteiger partial charge in [0.05, 0.1) is 12.3 Å². The Morgan fingerprint density at radius 1 is 1.03 bits per heavy atom. The highest BCUT2D eigenvalue weighted by molar-refractivity contribution is 4.97. The van der Waals surface area contributed by atoms with Crippen LogP contribution in [0.15, 0.2) is 0 Å². The number of halogens is 3. The molecule has 182 valence electrons. The van der Waals surface area contributed by atoms with E-state index >= 15 is 4.39 Å². The SMILES string of the molecule is CCCC(CCC)CNC1NCNC(N2CCCC2C2CCC(C(C)(F)F)CC2)C1F. The number of rotatable bonds is 10. The van der Waals surface area contributed by atoms with Crippen LogP contribution in [0.4, 0.5) is 13.2 Å². The molecule has 31 heavy (non-hydrogen) atoms. The molecule has 0 amide bonds. The van der Waals surface area contributed by atoms with E-state index in [1.807, 2.05) is 0 Å². The second kappa shape index (κ2) is 11.7. The minimum Gasteiger partial charge on any atom is -0.299 e. The summed E-state index contributed by atoms with van der Waals surface area (Å²) in [5.74, 6) is -2.05. The first kappa shape index (κ1) is 25.3. The van der Waals surface area contributed by atoms with E-state index in [9.17, 15) is 8.78 Å². The van der Waals surface area contributed by atoms with Crippen molar-refractivity contribution in [3.05, 3.63) is 0 Å². The lowest BCUT2D eigenvalue weighted by atomic mass is 9.75. The van der Waals surface area contributed by atoms with E-state index in [1.165, 1.54) is 12.8 Å². The van der Waals surface area contributed by atoms with Crippen molar-refractivity contribution in [2.24, 2.45) is 17.8 Å². The number of likely N-dealkylation sites (tertiary alicyclic amines) is 1. The van der Waals surface area contributed by atoms with E-state index in [2.05, 4.69) is 34.7 Å². The predicted molar refractivity (Wildman–Crippen MR) is 121 cm³/mol. The van der Waals surface area contributed by atoms with E-state index < -0.39 is 18.0 Å². The lowest BCUT2D eigenvalue weighted by Gasteiger charge is -2.45. The van der Waals surface area contributed by atoms with E-state index in [0.717, 1.165) is 58.5 Å². The van der Waals surface area contributed by atoms with Crippen LogP contribution in [0.3, 0.4) is 0 Å². The molecule has 3 N–H and O–H groups in total. The predicted octanol–water partition coefficient (Wildman–Crippen LogP) is 4.86. The third kappa shape index (κ3) is 6.58. The van der Waals surface area contributed by atoms with Crippen molar-refractivity contribution in [1.29, 1.82) is 0 Å². The van der Waals surface area contributed by atoms with Crippen LogP contribution in [0.1, 0.15) is 85.0 Å². The van der Waals surface area contributed by atoms with E-state index in [1.54, 1.807) is 0 Å². The molecule has 2 heterocycles. The molecule has 4 atom stereocenters. The topological polar surface area (TPSA) is 39.3 Å². The summed E-state index contributed by atoms with van der Waals surface area (Å²) in [5, 5.41) is 10.1. The minimum absolute atomic E-state index is 0.299. The molecule has 2 aliphatic heterocycles. The fraction of sp³-hybridized carbons (Fsp3) is 1.00. The molecule has 3 fully saturated rings. The molecular weight excluding hydrogens is 401 g/mol. The molecule has 3 rings (SSSR count). The van der Waals surface area contributed by atoms with Crippen molar-refractivity contribution in [2.45, 2.75) is 115 Å². The summed E-state index contributed by atoms with van der Waals surface area (Å²) in [7, 11) is 0. The van der Waals surface area contributed by atoms with Crippen molar-refractivity contribution in [2.75, 3.05) is 19.8 Å². The zero-order valence-electron chi connectivity index (χ0n) is 19.8. The molecular formula is C24H45F3N4. The number of nitrogens with one attached hydrogen (secondary N) is 3. The highest BCUT2D eigenvalue weighted by Crippen LogP contribution is 2.42. The van der Waals surface area contributed by atoms with E-state index in [-0.39, 0.29) is 12.3 Å². The molecule has 7 heteroatoms. The lowest BCUT2D eigenvalue weighted by Crippen LogP contribution is -2.69. The summed E-state index contributed by atoms with van der Waals surface area (Å²) in [5.41, 5.74) is 0. The maximum absolute atomic E-state index is 15.6. The molecule has 0 radical (unpaired) electrons. The molecule has 3 aliphatic rings. The molecule has 0 spiro atoms. The van der Waals surface area contributed by atoms with Crippen LogP contribution in [-0.2, 0) is 0 Å². The van der Waals surface area contributed by atoms with Gasteiger partial charge in [-0.3, -0.25) is 20.9 Å². The summed E-state index contributed by atoms with van der Waals surface area (Å²) < 4.78 is 43.0. The van der Waals surface area contributed by atoms with Gasteiger partial charge in [-0.05, 0) is 76.7 Å². The van der Waals surface area contributed by atoms with Crippen molar-refractivity contribution in [3.63, 3.8) is 0 Å². The molecule has 1 aliphatic carbocycles. The van der Waals surface area contributed by atoms with Gasteiger partial charge in [0.2, 0.25) is 5.92 Å². The van der Waals surface area contributed by atoms with Crippen LogP contribution in [0.2, 0.25) is 0 Å². The number of hydrogen-bond donors (Lipinski definition) is 3. The van der Waals surface area contributed by atoms with Gasteiger partial charge in [0, 0.05) is 25.2 Å². The molecule has 4 unspecified atom stereocenters. The maximum Gasteiger partial charge on any atom is 0.248 e. The quantitative estimate of drug-likeness (QED) is 0.448. The molecule has 0 bridgehead atoms. The van der Waals surface area contributed by atoms with Crippen LogP contribution in [-0.4, -0.2) is 55.1 Å². The average Bonchev–Trinajstić information content (AvgIpc) is 3.22. The van der Waals surface area contributed by atoms with E-state index in [0.29, 0.717) is 37.4 Å². The fourth-order valence-electron chi connectivity index (χ4n) is 6.30. The van der Waals surface area contributed by atoms with Crippen molar-refractivity contribution in [1.82, 2.24) is 20.9 Å². The van der Waals surface area contributed by atoms with Gasteiger partial charge in [0.25, 0.3) is 0 Å². The Morgan fingerprint density at radius 2 is 1.71 bits per heavy atom. The molecule has 0 aromatic heterocycles. The largest absolute Gasteiger partial charge is 0.299 e. The first-order valence-corrected chi connectivity index (χ1v) is 12.8. The number of nitrogens with zero attached hydrogens (tertiary/aromatic N) is 1. The fourth-order valence-corrected chi connectivity index (χ4v) is 6.30. The number of alkyl halides is 3. The smallest absolute Gasteiger partial charge is 0.248 e. The van der Waals surface area contributed by atoms with Crippen LogP contribution in [0, 0.1) is 17.8 Å². The van der Waals surface area contributed by atoms with Crippen LogP contribution >= 0.6 is 0 Å². The van der Waals surface area contributed by atoms with E-state index in [4.69, 9.17) is 0 Å². The summed E-state index contributed by atoms with van der Waals surface area (Å²) in [4.78, 5) is 2.32. The van der Waals surface area contributed by atoms with Gasteiger partial charge in [0.15, 0.2) is 6.17 Å². The molecule has 4 nitrogen and oxygen atoms in total. The summed E-state index contributed by atoms with van der Waals surface area (Å²) >= 11 is 0. The van der Waals surface area contributed by atoms with Crippen LogP contribution in [0.25, 0.3) is 0 Å². The normalized spacial score (nSPS) is 35.7. The Kier molecular flexibility index (Phi) is 9.50. The van der Waals surface area contributed by atoms with Crippen molar-refractivity contribution < 1.29 is 13.2 Å². The second-order valence-corrected chi connectivity index (χ2v) is 10.3. The highest BCUT2D eigenvalue weighted by Gasteiger charge is 2.45. The highest BCUT2D eigenvalue weighted by atomic mass is 19.3. The number of hydrogen-bond acceptors (Lipinski definition) is 4. The van der Waals surface area contributed by atoms with Gasteiger partial charge >= 0.3 is 0 Å². The Labute approximate surface area is 187 Å². The second-order valence-electron chi connectivity index (χ2n) is 10.3. The standard InChI is InChI=1S/C24H45F3N4/c1-4-7-17(8-5-2)15-28-22-21(25)23(30-16-29-22)31-14-6-9-20(31)18-10-12-19(13-11-18)24(3,26)27/h17-23,28-30H,4-16H2,1-3H3. The zero-order chi connectivity index (χ0) is 22.4. The van der Waals surface area contributed by atoms with Crippen LogP contribution < -0.4 is 16.0 Å². The zero-order valence-corrected chi connectivity index (χ0v) is 19.8. The average molecular weight is 447 g/mol. The first-order chi connectivity index (χ1) is 14.8. The molecule has 2 saturated heterocycles. The van der Waals surface area contributed by atoms with Gasteiger partial charge in [0.1, 0.15) is 0 Å². The third-order valence-electron chi connectivity index (χ3n) is 8.01. The van der Waals surface area contributed by atoms with Crippen LogP contribution in [0.5, 0.6) is 0 Å². The third-order valence-corrected chi connectivity index (χ3v) is 8.01. The van der Waals surface area contributed by atoms with Crippen molar-refractivity contribution >= 4 is 0 Å². The Bertz CT molecular complexity index is 515. The molecule has 0 aromatic carbocycles. The maximum atomic E-state index is 15.6. The summed E-state index contributed by atoms with van der Waals surface area (Å²) in [6.07, 6.45) is 8.02.